The largest absolute Gasteiger partial charge is 0.325 e. The van der Waals surface area contributed by atoms with E-state index in [0.29, 0.717) is 23.6 Å². The number of nitriles is 1. The number of hydrogen-bond donors (Lipinski definition) is 2. The maximum atomic E-state index is 12.6. The van der Waals surface area contributed by atoms with Gasteiger partial charge in [0.1, 0.15) is 18.2 Å². The fraction of sp³-hybridized carbons (Fsp3) is 0.444. The third kappa shape index (κ3) is 4.15. The Labute approximate surface area is 147 Å². The van der Waals surface area contributed by atoms with Crippen LogP contribution in [0.1, 0.15) is 39.2 Å². The molecule has 1 atom stereocenters. The number of carbonyl (C=O) groups is 3. The van der Waals surface area contributed by atoms with Crippen LogP contribution in [0.3, 0.4) is 0 Å². The van der Waals surface area contributed by atoms with Gasteiger partial charge in [-0.15, -0.1) is 0 Å². The van der Waals surface area contributed by atoms with E-state index in [0.717, 1.165) is 11.3 Å². The van der Waals surface area contributed by atoms with Crippen molar-refractivity contribution in [2.24, 2.45) is 5.92 Å². The zero-order valence-electron chi connectivity index (χ0n) is 14.6. The summed E-state index contributed by atoms with van der Waals surface area (Å²) in [5.74, 6) is -0.525. The third-order valence-electron chi connectivity index (χ3n) is 4.19. The van der Waals surface area contributed by atoms with E-state index in [1.54, 1.807) is 31.2 Å². The Morgan fingerprint density at radius 2 is 2.04 bits per heavy atom. The molecule has 0 bridgehead atoms. The summed E-state index contributed by atoms with van der Waals surface area (Å²) in [5.41, 5.74) is -0.314. The van der Waals surface area contributed by atoms with Gasteiger partial charge in [0.05, 0.1) is 11.3 Å². The second-order valence-electron chi connectivity index (χ2n) is 6.79. The molecule has 2 N–H and O–H groups in total. The van der Waals surface area contributed by atoms with E-state index in [1.807, 2.05) is 19.9 Å². The summed E-state index contributed by atoms with van der Waals surface area (Å²) in [7, 11) is 0. The molecule has 4 amide bonds. The topological polar surface area (TPSA) is 102 Å². The zero-order chi connectivity index (χ0) is 18.6. The van der Waals surface area contributed by atoms with Crippen LogP contribution in [0, 0.1) is 17.2 Å². The number of nitrogens with one attached hydrogen (secondary N) is 2. The van der Waals surface area contributed by atoms with E-state index in [-0.39, 0.29) is 6.54 Å². The molecule has 1 heterocycles. The van der Waals surface area contributed by atoms with Gasteiger partial charge in [0.25, 0.3) is 5.91 Å². The molecular formula is C18H22N4O3. The van der Waals surface area contributed by atoms with Crippen molar-refractivity contribution in [1.82, 2.24) is 10.2 Å². The standard InChI is InChI=1S/C18H22N4O3/c1-12(2)8-9-18(3)16(24)22(17(25)21-18)11-15(23)20-14-7-5-4-6-13(14)10-19/h4-7,12H,8-9,11H2,1-3H3,(H,20,23)(H,21,25). The molecule has 1 aliphatic heterocycles. The average molecular weight is 342 g/mol. The van der Waals surface area contributed by atoms with Gasteiger partial charge in [-0.1, -0.05) is 26.0 Å². The smallest absolute Gasteiger partial charge is 0.323 e. The molecule has 0 aromatic heterocycles. The van der Waals surface area contributed by atoms with Crippen LogP contribution in [0.5, 0.6) is 0 Å². The second-order valence-corrected chi connectivity index (χ2v) is 6.79. The zero-order valence-corrected chi connectivity index (χ0v) is 14.6. The maximum absolute atomic E-state index is 12.6. The van der Waals surface area contributed by atoms with Gasteiger partial charge in [0.15, 0.2) is 0 Å². The van der Waals surface area contributed by atoms with E-state index in [2.05, 4.69) is 10.6 Å². The number of para-hydroxylation sites is 1. The number of carbonyl (C=O) groups excluding carboxylic acids is 3. The molecular weight excluding hydrogens is 320 g/mol. The number of nitrogens with zero attached hydrogens (tertiary/aromatic N) is 2. The third-order valence-corrected chi connectivity index (χ3v) is 4.19. The number of imide groups is 1. The van der Waals surface area contributed by atoms with Gasteiger partial charge in [0, 0.05) is 0 Å². The van der Waals surface area contributed by atoms with Crippen LogP contribution in [0.4, 0.5) is 10.5 Å². The molecule has 1 fully saturated rings. The lowest BCUT2D eigenvalue weighted by atomic mass is 9.92. The van der Waals surface area contributed by atoms with Gasteiger partial charge >= 0.3 is 6.03 Å². The molecule has 1 saturated heterocycles. The molecule has 25 heavy (non-hydrogen) atoms. The molecule has 0 saturated carbocycles. The van der Waals surface area contributed by atoms with E-state index in [1.165, 1.54) is 0 Å². The quantitative estimate of drug-likeness (QED) is 0.774. The Hall–Kier alpha value is -2.88. The summed E-state index contributed by atoms with van der Waals surface area (Å²) in [6, 6.07) is 7.95. The lowest BCUT2D eigenvalue weighted by Gasteiger charge is -2.22. The normalized spacial score (nSPS) is 19.7. The van der Waals surface area contributed by atoms with Crippen molar-refractivity contribution in [3.63, 3.8) is 0 Å². The minimum absolute atomic E-state index is 0.315. The highest BCUT2D eigenvalue weighted by Gasteiger charge is 2.47. The highest BCUT2D eigenvalue weighted by atomic mass is 16.2. The van der Waals surface area contributed by atoms with Crippen molar-refractivity contribution in [3.8, 4) is 6.07 Å². The Morgan fingerprint density at radius 1 is 1.36 bits per heavy atom. The highest BCUT2D eigenvalue weighted by Crippen LogP contribution is 2.24. The first kappa shape index (κ1) is 18.5. The number of benzene rings is 1. The average Bonchev–Trinajstić information content (AvgIpc) is 2.77. The number of hydrogen-bond acceptors (Lipinski definition) is 4. The van der Waals surface area contributed by atoms with Crippen LogP contribution in [0.2, 0.25) is 0 Å². The lowest BCUT2D eigenvalue weighted by molar-refractivity contribution is -0.133. The Bertz CT molecular complexity index is 738. The van der Waals surface area contributed by atoms with Crippen molar-refractivity contribution in [2.45, 2.75) is 39.2 Å². The van der Waals surface area contributed by atoms with Crippen LogP contribution in [-0.2, 0) is 9.59 Å². The number of amides is 4. The van der Waals surface area contributed by atoms with Crippen LogP contribution < -0.4 is 10.6 Å². The molecule has 132 valence electrons. The van der Waals surface area contributed by atoms with E-state index < -0.39 is 23.4 Å². The summed E-state index contributed by atoms with van der Waals surface area (Å²) >= 11 is 0. The first-order chi connectivity index (χ1) is 11.8. The maximum Gasteiger partial charge on any atom is 0.325 e. The molecule has 1 unspecified atom stereocenters. The van der Waals surface area contributed by atoms with Crippen molar-refractivity contribution in [2.75, 3.05) is 11.9 Å². The molecule has 0 radical (unpaired) electrons. The summed E-state index contributed by atoms with van der Waals surface area (Å²) in [4.78, 5) is 37.8. The number of rotatable bonds is 6. The highest BCUT2D eigenvalue weighted by molar-refractivity contribution is 6.10. The van der Waals surface area contributed by atoms with E-state index >= 15 is 0 Å². The van der Waals surface area contributed by atoms with Crippen molar-refractivity contribution >= 4 is 23.5 Å². The minimum atomic E-state index is -0.980. The molecule has 0 aliphatic carbocycles. The Balaban J connectivity index is 2.04. The van der Waals surface area contributed by atoms with Gasteiger partial charge in [-0.3, -0.25) is 14.5 Å². The summed E-state index contributed by atoms with van der Waals surface area (Å²) in [5, 5.41) is 14.3. The van der Waals surface area contributed by atoms with Crippen molar-refractivity contribution in [1.29, 1.82) is 5.26 Å². The van der Waals surface area contributed by atoms with Gasteiger partial charge in [-0.05, 0) is 37.8 Å². The molecule has 1 aliphatic rings. The van der Waals surface area contributed by atoms with Crippen molar-refractivity contribution in [3.05, 3.63) is 29.8 Å². The van der Waals surface area contributed by atoms with Crippen LogP contribution in [0.15, 0.2) is 24.3 Å². The summed E-state index contributed by atoms with van der Waals surface area (Å²) in [6.45, 7) is 5.38. The summed E-state index contributed by atoms with van der Waals surface area (Å²) in [6.07, 6.45) is 1.31. The second kappa shape index (κ2) is 7.34. The number of urea groups is 1. The van der Waals surface area contributed by atoms with Crippen LogP contribution >= 0.6 is 0 Å². The fourth-order valence-electron chi connectivity index (χ4n) is 2.66. The first-order valence-corrected chi connectivity index (χ1v) is 8.20. The molecule has 0 spiro atoms. The number of anilines is 1. The predicted molar refractivity (Wildman–Crippen MR) is 92.5 cm³/mol. The summed E-state index contributed by atoms with van der Waals surface area (Å²) < 4.78 is 0. The van der Waals surface area contributed by atoms with Crippen molar-refractivity contribution < 1.29 is 14.4 Å². The fourth-order valence-corrected chi connectivity index (χ4v) is 2.66. The first-order valence-electron chi connectivity index (χ1n) is 8.20. The Kier molecular flexibility index (Phi) is 5.42. The minimum Gasteiger partial charge on any atom is -0.323 e. The van der Waals surface area contributed by atoms with Gasteiger partial charge in [-0.25, -0.2) is 4.79 Å². The van der Waals surface area contributed by atoms with Crippen LogP contribution in [0.25, 0.3) is 0 Å². The predicted octanol–water partition coefficient (Wildman–Crippen LogP) is 2.24. The molecule has 2 rings (SSSR count). The molecule has 7 heteroatoms. The molecule has 7 nitrogen and oxygen atoms in total. The van der Waals surface area contributed by atoms with Gasteiger partial charge in [0.2, 0.25) is 5.91 Å². The Morgan fingerprint density at radius 3 is 2.68 bits per heavy atom. The lowest BCUT2D eigenvalue weighted by Crippen LogP contribution is -2.44. The molecule has 1 aromatic rings. The SMILES string of the molecule is CC(C)CCC1(C)NC(=O)N(CC(=O)Nc2ccccc2C#N)C1=O. The van der Waals surface area contributed by atoms with Gasteiger partial charge < -0.3 is 10.6 Å². The van der Waals surface area contributed by atoms with Gasteiger partial charge in [-0.2, -0.15) is 5.26 Å². The molecule has 1 aromatic carbocycles. The van der Waals surface area contributed by atoms with Crippen LogP contribution in [-0.4, -0.2) is 34.8 Å². The van der Waals surface area contributed by atoms with E-state index in [4.69, 9.17) is 5.26 Å². The monoisotopic (exact) mass is 342 g/mol. The van der Waals surface area contributed by atoms with E-state index in [9.17, 15) is 14.4 Å².